The van der Waals surface area contributed by atoms with Crippen molar-refractivity contribution in [2.24, 2.45) is 0 Å². The molecule has 1 aromatic heterocycles. The fraction of sp³-hybridized carbons (Fsp3) is 0.120. The summed E-state index contributed by atoms with van der Waals surface area (Å²) >= 11 is 0. The van der Waals surface area contributed by atoms with Crippen molar-refractivity contribution in [3.63, 3.8) is 0 Å². The predicted molar refractivity (Wildman–Crippen MR) is 119 cm³/mol. The van der Waals surface area contributed by atoms with Crippen LogP contribution < -0.4 is 10.6 Å². The number of carbonyl (C=O) groups is 2. The van der Waals surface area contributed by atoms with Crippen LogP contribution in [0.2, 0.25) is 0 Å². The van der Waals surface area contributed by atoms with Gasteiger partial charge in [0.25, 0.3) is 5.91 Å². The smallest absolute Gasteiger partial charge is 0.254 e. The fourth-order valence-corrected chi connectivity index (χ4v) is 3.55. The zero-order valence-electron chi connectivity index (χ0n) is 16.8. The van der Waals surface area contributed by atoms with Crippen molar-refractivity contribution in [1.82, 2.24) is 15.2 Å². The maximum atomic E-state index is 13.7. The van der Waals surface area contributed by atoms with E-state index in [-0.39, 0.29) is 31.1 Å². The second-order valence-corrected chi connectivity index (χ2v) is 7.13. The maximum absolute atomic E-state index is 13.7. The minimum absolute atomic E-state index is 0.0138. The molecule has 5 nitrogen and oxygen atoms in total. The molecule has 0 aliphatic rings. The lowest BCUT2D eigenvalue weighted by atomic mass is 10.1. The maximum Gasteiger partial charge on any atom is 0.254 e. The second kappa shape index (κ2) is 9.26. The summed E-state index contributed by atoms with van der Waals surface area (Å²) in [5, 5.41) is 6.50. The summed E-state index contributed by atoms with van der Waals surface area (Å²) in [6.45, 7) is 0.606. The van der Waals surface area contributed by atoms with Gasteiger partial charge in [-0.2, -0.15) is 0 Å². The molecule has 0 aliphatic carbocycles. The second-order valence-electron chi connectivity index (χ2n) is 7.13. The van der Waals surface area contributed by atoms with E-state index in [0.29, 0.717) is 0 Å². The molecule has 0 saturated carbocycles. The van der Waals surface area contributed by atoms with Crippen LogP contribution in [0.15, 0.2) is 84.9 Å². The topological polar surface area (TPSA) is 63.1 Å². The highest BCUT2D eigenvalue weighted by Crippen LogP contribution is 2.28. The van der Waals surface area contributed by atoms with Gasteiger partial charge in [0.1, 0.15) is 12.4 Å². The van der Waals surface area contributed by atoms with Crippen molar-refractivity contribution in [2.45, 2.75) is 6.54 Å². The molecule has 6 heteroatoms. The van der Waals surface area contributed by atoms with Crippen LogP contribution in [-0.2, 0) is 11.3 Å². The van der Waals surface area contributed by atoms with Crippen LogP contribution in [0.3, 0.4) is 0 Å². The molecular formula is C25H22FN3O2. The van der Waals surface area contributed by atoms with E-state index in [2.05, 4.69) is 16.7 Å². The van der Waals surface area contributed by atoms with Gasteiger partial charge in [0.15, 0.2) is 0 Å². The predicted octanol–water partition coefficient (Wildman–Crippen LogP) is 3.99. The van der Waals surface area contributed by atoms with E-state index in [1.54, 1.807) is 6.07 Å². The van der Waals surface area contributed by atoms with Gasteiger partial charge >= 0.3 is 0 Å². The van der Waals surface area contributed by atoms with Crippen molar-refractivity contribution >= 4 is 22.7 Å². The molecule has 2 N–H and O–H groups in total. The molecule has 0 fully saturated rings. The number of rotatable bonds is 7. The molecule has 1 heterocycles. The van der Waals surface area contributed by atoms with Crippen molar-refractivity contribution in [1.29, 1.82) is 0 Å². The summed E-state index contributed by atoms with van der Waals surface area (Å²) in [5.41, 5.74) is 2.96. The minimum Gasteiger partial charge on any atom is -0.353 e. The van der Waals surface area contributed by atoms with Crippen molar-refractivity contribution in [3.05, 3.63) is 96.3 Å². The molecule has 3 aromatic carbocycles. The summed E-state index contributed by atoms with van der Waals surface area (Å²) in [5.74, 6) is -1.24. The lowest BCUT2D eigenvalue weighted by Crippen LogP contribution is -2.36. The lowest BCUT2D eigenvalue weighted by molar-refractivity contribution is -0.121. The summed E-state index contributed by atoms with van der Waals surface area (Å²) in [4.78, 5) is 24.6. The molecule has 2 amide bonds. The number of benzene rings is 3. The van der Waals surface area contributed by atoms with E-state index in [1.165, 1.54) is 18.2 Å². The van der Waals surface area contributed by atoms with E-state index in [0.717, 1.165) is 22.2 Å². The normalized spacial score (nSPS) is 10.7. The lowest BCUT2D eigenvalue weighted by Gasteiger charge is -2.12. The first-order valence-electron chi connectivity index (χ1n) is 10.1. The highest BCUT2D eigenvalue weighted by atomic mass is 19.1. The van der Waals surface area contributed by atoms with E-state index in [4.69, 9.17) is 0 Å². The molecule has 0 atom stereocenters. The molecule has 31 heavy (non-hydrogen) atoms. The molecule has 156 valence electrons. The number of hydrogen-bond donors (Lipinski definition) is 2. The first-order chi connectivity index (χ1) is 15.1. The molecule has 4 rings (SSSR count). The summed E-state index contributed by atoms with van der Waals surface area (Å²) in [6, 6.07) is 25.7. The Morgan fingerprint density at radius 3 is 2.29 bits per heavy atom. The van der Waals surface area contributed by atoms with Crippen LogP contribution in [0.5, 0.6) is 0 Å². The zero-order chi connectivity index (χ0) is 21.6. The van der Waals surface area contributed by atoms with Crippen LogP contribution in [0.4, 0.5) is 4.39 Å². The highest BCUT2D eigenvalue weighted by Gasteiger charge is 2.14. The number of fused-ring (bicyclic) bond motifs is 1. The van der Waals surface area contributed by atoms with Gasteiger partial charge in [0.05, 0.1) is 5.56 Å². The third-order valence-electron chi connectivity index (χ3n) is 5.03. The Morgan fingerprint density at radius 1 is 0.806 bits per heavy atom. The average molecular weight is 415 g/mol. The van der Waals surface area contributed by atoms with Gasteiger partial charge in [-0.05, 0) is 29.8 Å². The van der Waals surface area contributed by atoms with E-state index in [9.17, 15) is 14.0 Å². The molecule has 0 radical (unpaired) electrons. The quantitative estimate of drug-likeness (QED) is 0.448. The number of halogens is 1. The Kier molecular flexibility index (Phi) is 6.08. The number of amides is 2. The first kappa shape index (κ1) is 20.3. The third-order valence-corrected chi connectivity index (χ3v) is 5.03. The van der Waals surface area contributed by atoms with Gasteiger partial charge in [-0.3, -0.25) is 9.59 Å². The van der Waals surface area contributed by atoms with Crippen molar-refractivity contribution in [3.8, 4) is 11.3 Å². The Labute approximate surface area is 179 Å². The Bertz CT molecular complexity index is 1220. The first-order valence-corrected chi connectivity index (χ1v) is 10.1. The van der Waals surface area contributed by atoms with Crippen LogP contribution >= 0.6 is 0 Å². The Morgan fingerprint density at radius 2 is 1.48 bits per heavy atom. The van der Waals surface area contributed by atoms with Gasteiger partial charge in [-0.15, -0.1) is 0 Å². The van der Waals surface area contributed by atoms with E-state index >= 15 is 0 Å². The van der Waals surface area contributed by atoms with Crippen LogP contribution in [0.1, 0.15) is 10.4 Å². The number of nitrogens with one attached hydrogen (secondary N) is 2. The monoisotopic (exact) mass is 415 g/mol. The van der Waals surface area contributed by atoms with Crippen LogP contribution in [-0.4, -0.2) is 29.5 Å². The standard InChI is InChI=1S/C25H22FN3O2/c26-21-12-6-5-11-20(21)25(31)28-15-14-27-24(30)17-29-22-13-7-4-10-19(22)16-23(29)18-8-2-1-3-9-18/h1-13,16H,14-15,17H2,(H,27,30)(H,28,31). The van der Waals surface area contributed by atoms with Gasteiger partial charge in [0, 0.05) is 29.7 Å². The average Bonchev–Trinajstić information content (AvgIpc) is 3.16. The van der Waals surface area contributed by atoms with Gasteiger partial charge < -0.3 is 15.2 Å². The number of nitrogens with zero attached hydrogens (tertiary/aromatic N) is 1. The molecule has 0 spiro atoms. The van der Waals surface area contributed by atoms with Gasteiger partial charge in [-0.1, -0.05) is 60.7 Å². The Balaban J connectivity index is 1.40. The fourth-order valence-electron chi connectivity index (χ4n) is 3.55. The zero-order valence-corrected chi connectivity index (χ0v) is 16.8. The molecule has 0 saturated heterocycles. The van der Waals surface area contributed by atoms with Gasteiger partial charge in [-0.25, -0.2) is 4.39 Å². The summed E-state index contributed by atoms with van der Waals surface area (Å²) in [7, 11) is 0. The highest BCUT2D eigenvalue weighted by molar-refractivity contribution is 5.94. The SMILES string of the molecule is O=C(Cn1c(-c2ccccc2)cc2ccccc21)NCCNC(=O)c1ccccc1F. The Hall–Kier alpha value is -3.93. The van der Waals surface area contributed by atoms with Gasteiger partial charge in [0.2, 0.25) is 5.91 Å². The molecular weight excluding hydrogens is 393 g/mol. The van der Waals surface area contributed by atoms with E-state index in [1.807, 2.05) is 59.2 Å². The third kappa shape index (κ3) is 4.64. The molecule has 0 unspecified atom stereocenters. The van der Waals surface area contributed by atoms with Crippen molar-refractivity contribution in [2.75, 3.05) is 13.1 Å². The number of carbonyl (C=O) groups excluding carboxylic acids is 2. The molecule has 4 aromatic rings. The molecule has 0 bridgehead atoms. The van der Waals surface area contributed by atoms with Crippen molar-refractivity contribution < 1.29 is 14.0 Å². The molecule has 0 aliphatic heterocycles. The van der Waals surface area contributed by atoms with E-state index < -0.39 is 11.7 Å². The largest absolute Gasteiger partial charge is 0.353 e. The number of aromatic nitrogens is 1. The number of para-hydroxylation sites is 1. The summed E-state index contributed by atoms with van der Waals surface area (Å²) < 4.78 is 15.6. The minimum atomic E-state index is -0.572. The number of hydrogen-bond acceptors (Lipinski definition) is 2. The summed E-state index contributed by atoms with van der Waals surface area (Å²) in [6.07, 6.45) is 0. The van der Waals surface area contributed by atoms with Crippen LogP contribution in [0.25, 0.3) is 22.2 Å². The van der Waals surface area contributed by atoms with Crippen LogP contribution in [0, 0.1) is 5.82 Å².